The Morgan fingerprint density at radius 1 is 1.00 bits per heavy atom. The van der Waals surface area contributed by atoms with E-state index in [-0.39, 0.29) is 5.57 Å². The van der Waals surface area contributed by atoms with E-state index < -0.39 is 0 Å². The van der Waals surface area contributed by atoms with E-state index in [2.05, 4.69) is 22.4 Å². The van der Waals surface area contributed by atoms with Gasteiger partial charge in [0.25, 0.3) is 0 Å². The number of allylic oxidation sites excluding steroid dienone is 1. The summed E-state index contributed by atoms with van der Waals surface area (Å²) in [6, 6.07) is 21.6. The molecule has 0 aliphatic rings. The van der Waals surface area contributed by atoms with Crippen molar-refractivity contribution in [1.29, 1.82) is 10.5 Å². The van der Waals surface area contributed by atoms with E-state index in [4.69, 9.17) is 10.5 Å². The predicted molar refractivity (Wildman–Crippen MR) is 86.7 cm³/mol. The number of fused-ring (bicyclic) bond motifs is 1. The van der Waals surface area contributed by atoms with Gasteiger partial charge < -0.3 is 10.3 Å². The smallest absolute Gasteiger partial charge is 0.145 e. The first-order valence-corrected chi connectivity index (χ1v) is 6.75. The van der Waals surface area contributed by atoms with Crippen molar-refractivity contribution in [2.24, 2.45) is 0 Å². The van der Waals surface area contributed by atoms with E-state index in [0.29, 0.717) is 0 Å². The lowest BCUT2D eigenvalue weighted by Crippen LogP contribution is -1.90. The molecule has 0 saturated heterocycles. The zero-order valence-electron chi connectivity index (χ0n) is 11.7. The molecule has 0 aliphatic carbocycles. The molecular weight excluding hydrogens is 272 g/mol. The van der Waals surface area contributed by atoms with E-state index in [0.717, 1.165) is 27.8 Å². The summed E-state index contributed by atoms with van der Waals surface area (Å²) in [5, 5.41) is 21.6. The maximum Gasteiger partial charge on any atom is 0.145 e. The molecule has 0 atom stereocenters. The van der Waals surface area contributed by atoms with Gasteiger partial charge >= 0.3 is 0 Å². The minimum absolute atomic E-state index is 0.0380. The second-order valence-electron chi connectivity index (χ2n) is 4.78. The van der Waals surface area contributed by atoms with Crippen LogP contribution in [0, 0.1) is 22.7 Å². The van der Waals surface area contributed by atoms with Crippen LogP contribution in [0.2, 0.25) is 0 Å². The fraction of sp³-hybridized carbons (Fsp3) is 0. The van der Waals surface area contributed by atoms with Crippen LogP contribution >= 0.6 is 0 Å². The third-order valence-corrected chi connectivity index (χ3v) is 3.33. The predicted octanol–water partition coefficient (Wildman–Crippen LogP) is 4.18. The molecule has 0 fully saturated rings. The minimum Gasteiger partial charge on any atom is -0.360 e. The number of H-pyrrole nitrogens is 1. The molecule has 2 N–H and O–H groups in total. The summed E-state index contributed by atoms with van der Waals surface area (Å²) in [5.74, 6) is 0. The van der Waals surface area contributed by atoms with Crippen LogP contribution in [-0.2, 0) is 0 Å². The maximum atomic E-state index is 8.73. The topological polar surface area (TPSA) is 75.4 Å². The molecule has 1 heterocycles. The highest BCUT2D eigenvalue weighted by Gasteiger charge is 2.03. The monoisotopic (exact) mass is 284 g/mol. The molecule has 4 nitrogen and oxygen atoms in total. The number of rotatable bonds is 3. The molecule has 4 heteroatoms. The molecule has 104 valence electrons. The van der Waals surface area contributed by atoms with Crippen LogP contribution < -0.4 is 5.32 Å². The summed E-state index contributed by atoms with van der Waals surface area (Å²) >= 11 is 0. The van der Waals surface area contributed by atoms with E-state index in [9.17, 15) is 0 Å². The molecule has 0 saturated carbocycles. The molecule has 0 bridgehead atoms. The number of hydrogen-bond acceptors (Lipinski definition) is 3. The Labute approximate surface area is 127 Å². The van der Waals surface area contributed by atoms with Gasteiger partial charge in [-0.25, -0.2) is 0 Å². The summed E-state index contributed by atoms with van der Waals surface area (Å²) in [5.41, 5.74) is 4.00. The number of hydrogen-bond donors (Lipinski definition) is 2. The highest BCUT2D eigenvalue weighted by atomic mass is 14.8. The van der Waals surface area contributed by atoms with Crippen molar-refractivity contribution in [1.82, 2.24) is 4.98 Å². The summed E-state index contributed by atoms with van der Waals surface area (Å²) in [4.78, 5) is 3.38. The first-order valence-electron chi connectivity index (χ1n) is 6.75. The zero-order chi connectivity index (χ0) is 15.4. The Hall–Kier alpha value is -3.50. The average molecular weight is 284 g/mol. The van der Waals surface area contributed by atoms with E-state index in [1.807, 2.05) is 54.6 Å². The van der Waals surface area contributed by atoms with Crippen molar-refractivity contribution in [3.63, 3.8) is 0 Å². The van der Waals surface area contributed by atoms with Crippen LogP contribution in [0.5, 0.6) is 0 Å². The molecular formula is C18H12N4. The van der Waals surface area contributed by atoms with Crippen LogP contribution in [0.25, 0.3) is 22.2 Å². The van der Waals surface area contributed by atoms with Crippen molar-refractivity contribution < 1.29 is 0 Å². The molecule has 3 aromatic rings. The van der Waals surface area contributed by atoms with E-state index in [1.54, 1.807) is 0 Å². The van der Waals surface area contributed by atoms with Crippen molar-refractivity contribution in [3.8, 4) is 23.4 Å². The van der Waals surface area contributed by atoms with Gasteiger partial charge in [0.05, 0.1) is 0 Å². The van der Waals surface area contributed by atoms with E-state index >= 15 is 0 Å². The Bertz CT molecular complexity index is 886. The standard InChI is InChI=1S/C18H12N4/c19-10-13(11-20)12-21-16-6-3-5-14(8-16)18-9-15-4-1-2-7-17(15)22-18/h1-9,12,21-22H. The quantitative estimate of drug-likeness (QED) is 0.708. The lowest BCUT2D eigenvalue weighted by Gasteiger charge is -2.03. The number of nitrogens with one attached hydrogen (secondary N) is 2. The Morgan fingerprint density at radius 2 is 1.82 bits per heavy atom. The average Bonchev–Trinajstić information content (AvgIpc) is 3.00. The number of anilines is 1. The summed E-state index contributed by atoms with van der Waals surface area (Å²) in [6.45, 7) is 0. The van der Waals surface area contributed by atoms with Gasteiger partial charge in [0.2, 0.25) is 0 Å². The third-order valence-electron chi connectivity index (χ3n) is 3.33. The van der Waals surface area contributed by atoms with Gasteiger partial charge in [-0.2, -0.15) is 10.5 Å². The highest BCUT2D eigenvalue weighted by Crippen LogP contribution is 2.26. The zero-order valence-corrected chi connectivity index (χ0v) is 11.7. The van der Waals surface area contributed by atoms with Crippen LogP contribution in [0.3, 0.4) is 0 Å². The molecule has 0 unspecified atom stereocenters. The van der Waals surface area contributed by atoms with Crippen molar-refractivity contribution in [2.45, 2.75) is 0 Å². The molecule has 2 aromatic carbocycles. The summed E-state index contributed by atoms with van der Waals surface area (Å²) < 4.78 is 0. The Morgan fingerprint density at radius 3 is 2.59 bits per heavy atom. The van der Waals surface area contributed by atoms with Crippen molar-refractivity contribution >= 4 is 16.6 Å². The molecule has 0 spiro atoms. The fourth-order valence-electron chi connectivity index (χ4n) is 2.25. The summed E-state index contributed by atoms with van der Waals surface area (Å²) in [6.07, 6.45) is 1.41. The molecule has 0 aliphatic heterocycles. The maximum absolute atomic E-state index is 8.73. The number of aromatic amines is 1. The van der Waals surface area contributed by atoms with Gasteiger partial charge in [0.15, 0.2) is 0 Å². The minimum atomic E-state index is 0.0380. The third kappa shape index (κ3) is 2.67. The Balaban J connectivity index is 1.93. The fourth-order valence-corrected chi connectivity index (χ4v) is 2.25. The van der Waals surface area contributed by atoms with Gasteiger partial charge in [0, 0.05) is 34.0 Å². The first kappa shape index (κ1) is 13.5. The van der Waals surface area contributed by atoms with Gasteiger partial charge in [-0.3, -0.25) is 0 Å². The SMILES string of the molecule is N#CC(C#N)=CNc1cccc(-c2cc3ccccc3[nH]2)c1. The molecule has 22 heavy (non-hydrogen) atoms. The lowest BCUT2D eigenvalue weighted by atomic mass is 10.1. The van der Waals surface area contributed by atoms with Crippen LogP contribution in [0.4, 0.5) is 5.69 Å². The number of nitrogens with zero attached hydrogens (tertiary/aromatic N) is 2. The molecule has 0 radical (unpaired) electrons. The number of benzene rings is 2. The molecule has 3 rings (SSSR count). The van der Waals surface area contributed by atoms with Gasteiger partial charge in [0.1, 0.15) is 17.7 Å². The second-order valence-corrected chi connectivity index (χ2v) is 4.78. The van der Waals surface area contributed by atoms with Crippen LogP contribution in [0.15, 0.2) is 66.4 Å². The van der Waals surface area contributed by atoms with Gasteiger partial charge in [-0.05, 0) is 24.3 Å². The number of para-hydroxylation sites is 1. The van der Waals surface area contributed by atoms with Crippen molar-refractivity contribution in [3.05, 3.63) is 66.4 Å². The number of nitriles is 2. The van der Waals surface area contributed by atoms with E-state index in [1.165, 1.54) is 6.20 Å². The largest absolute Gasteiger partial charge is 0.360 e. The normalized spacial score (nSPS) is 9.73. The van der Waals surface area contributed by atoms with Crippen molar-refractivity contribution in [2.75, 3.05) is 5.32 Å². The summed E-state index contributed by atoms with van der Waals surface area (Å²) in [7, 11) is 0. The molecule has 1 aromatic heterocycles. The first-order chi connectivity index (χ1) is 10.8. The lowest BCUT2D eigenvalue weighted by molar-refractivity contribution is 1.43. The van der Waals surface area contributed by atoms with Gasteiger partial charge in [-0.1, -0.05) is 30.3 Å². The van der Waals surface area contributed by atoms with Crippen LogP contribution in [-0.4, -0.2) is 4.98 Å². The second kappa shape index (κ2) is 5.87. The van der Waals surface area contributed by atoms with Crippen LogP contribution in [0.1, 0.15) is 0 Å². The highest BCUT2D eigenvalue weighted by molar-refractivity contribution is 5.86. The van der Waals surface area contributed by atoms with Gasteiger partial charge in [-0.15, -0.1) is 0 Å². The molecule has 0 amide bonds. The number of aromatic nitrogens is 1. The Kier molecular flexibility index (Phi) is 3.59.